The Morgan fingerprint density at radius 1 is 1.47 bits per heavy atom. The summed E-state index contributed by atoms with van der Waals surface area (Å²) >= 11 is 1.89. The molecule has 1 N–H and O–H groups in total. The summed E-state index contributed by atoms with van der Waals surface area (Å²) in [6, 6.07) is 5.03. The Kier molecular flexibility index (Phi) is 4.18. The van der Waals surface area contributed by atoms with Crippen LogP contribution in [-0.2, 0) is 0 Å². The highest BCUT2D eigenvalue weighted by Crippen LogP contribution is 2.27. The Balaban J connectivity index is 2.01. The summed E-state index contributed by atoms with van der Waals surface area (Å²) in [6.07, 6.45) is 2.74. The maximum atomic E-state index is 3.48. The van der Waals surface area contributed by atoms with Gasteiger partial charge in [0, 0.05) is 11.4 Å². The lowest BCUT2D eigenvalue weighted by Gasteiger charge is -2.26. The van der Waals surface area contributed by atoms with E-state index in [2.05, 4.69) is 34.7 Å². The van der Waals surface area contributed by atoms with Crippen LogP contribution >= 0.6 is 11.3 Å². The van der Waals surface area contributed by atoms with Crippen LogP contribution < -0.4 is 5.32 Å². The highest BCUT2D eigenvalue weighted by Gasteiger charge is 2.23. The van der Waals surface area contributed by atoms with Crippen molar-refractivity contribution in [3.05, 3.63) is 22.4 Å². The van der Waals surface area contributed by atoms with Crippen molar-refractivity contribution in [1.29, 1.82) is 0 Å². The first-order chi connectivity index (χ1) is 7.42. The van der Waals surface area contributed by atoms with Crippen molar-refractivity contribution in [3.63, 3.8) is 0 Å². The van der Waals surface area contributed by atoms with Crippen LogP contribution in [0.5, 0.6) is 0 Å². The second-order valence-corrected chi connectivity index (χ2v) is 5.06. The molecule has 1 aliphatic heterocycles. The predicted molar refractivity (Wildman–Crippen MR) is 66.4 cm³/mol. The van der Waals surface area contributed by atoms with Crippen molar-refractivity contribution in [3.8, 4) is 0 Å². The number of likely N-dealkylation sites (tertiary alicyclic amines) is 1. The molecule has 2 heterocycles. The normalized spacial score (nSPS) is 19.5. The van der Waals surface area contributed by atoms with Crippen molar-refractivity contribution in [2.75, 3.05) is 26.2 Å². The number of nitrogens with one attached hydrogen (secondary N) is 1. The molecule has 0 aromatic carbocycles. The smallest absolute Gasteiger partial charge is 0.0566 e. The minimum atomic E-state index is 0.604. The molecule has 2 rings (SSSR count). The van der Waals surface area contributed by atoms with Crippen LogP contribution in [0, 0.1) is 0 Å². The van der Waals surface area contributed by atoms with Gasteiger partial charge >= 0.3 is 0 Å². The summed E-state index contributed by atoms with van der Waals surface area (Å²) in [5.74, 6) is 0. The monoisotopic (exact) mass is 224 g/mol. The van der Waals surface area contributed by atoms with E-state index in [9.17, 15) is 0 Å². The van der Waals surface area contributed by atoms with Crippen LogP contribution in [0.15, 0.2) is 17.5 Å². The zero-order valence-corrected chi connectivity index (χ0v) is 10.2. The zero-order chi connectivity index (χ0) is 10.5. The lowest BCUT2D eigenvalue weighted by Crippen LogP contribution is -2.33. The largest absolute Gasteiger partial charge is 0.315 e. The van der Waals surface area contributed by atoms with E-state index in [0.29, 0.717) is 6.04 Å². The van der Waals surface area contributed by atoms with Gasteiger partial charge in [0.15, 0.2) is 0 Å². The summed E-state index contributed by atoms with van der Waals surface area (Å²) in [6.45, 7) is 6.88. The third-order valence-electron chi connectivity index (χ3n) is 3.04. The molecule has 0 saturated carbocycles. The first-order valence-electron chi connectivity index (χ1n) is 5.90. The first kappa shape index (κ1) is 11.1. The second kappa shape index (κ2) is 5.64. The molecule has 0 spiro atoms. The highest BCUT2D eigenvalue weighted by molar-refractivity contribution is 7.10. The molecule has 1 aromatic heterocycles. The standard InChI is InChI=1S/C12H20N2S/c1-2-13-10-11(12-6-5-9-15-12)14-7-3-4-8-14/h5-6,9,11,13H,2-4,7-8,10H2,1H3. The number of likely N-dealkylation sites (N-methyl/N-ethyl adjacent to an activating group) is 1. The number of hydrogen-bond acceptors (Lipinski definition) is 3. The van der Waals surface area contributed by atoms with E-state index < -0.39 is 0 Å². The van der Waals surface area contributed by atoms with Crippen LogP contribution in [0.3, 0.4) is 0 Å². The average Bonchev–Trinajstić information content (AvgIpc) is 2.90. The Morgan fingerprint density at radius 2 is 2.27 bits per heavy atom. The number of nitrogens with zero attached hydrogens (tertiary/aromatic N) is 1. The molecule has 3 heteroatoms. The minimum absolute atomic E-state index is 0.604. The molecule has 1 aliphatic rings. The van der Waals surface area contributed by atoms with Gasteiger partial charge in [-0.2, -0.15) is 0 Å². The van der Waals surface area contributed by atoms with E-state index in [4.69, 9.17) is 0 Å². The molecular formula is C12H20N2S. The van der Waals surface area contributed by atoms with Crippen molar-refractivity contribution < 1.29 is 0 Å². The Morgan fingerprint density at radius 3 is 2.87 bits per heavy atom. The maximum Gasteiger partial charge on any atom is 0.0566 e. The fourth-order valence-electron chi connectivity index (χ4n) is 2.22. The third-order valence-corrected chi connectivity index (χ3v) is 4.01. The second-order valence-electron chi connectivity index (χ2n) is 4.08. The molecule has 0 aliphatic carbocycles. The van der Waals surface area contributed by atoms with Gasteiger partial charge in [0.1, 0.15) is 0 Å². The molecule has 15 heavy (non-hydrogen) atoms. The third kappa shape index (κ3) is 2.80. The average molecular weight is 224 g/mol. The molecule has 0 radical (unpaired) electrons. The van der Waals surface area contributed by atoms with Crippen molar-refractivity contribution in [2.45, 2.75) is 25.8 Å². The molecule has 1 saturated heterocycles. The number of thiophene rings is 1. The van der Waals surface area contributed by atoms with Gasteiger partial charge in [0.05, 0.1) is 6.04 Å². The van der Waals surface area contributed by atoms with E-state index in [-0.39, 0.29) is 0 Å². The highest BCUT2D eigenvalue weighted by atomic mass is 32.1. The van der Waals surface area contributed by atoms with Gasteiger partial charge in [-0.3, -0.25) is 4.90 Å². The van der Waals surface area contributed by atoms with E-state index in [1.54, 1.807) is 0 Å². The number of rotatable bonds is 5. The fourth-order valence-corrected chi connectivity index (χ4v) is 3.09. The van der Waals surface area contributed by atoms with Gasteiger partial charge in [0.25, 0.3) is 0 Å². The minimum Gasteiger partial charge on any atom is -0.315 e. The van der Waals surface area contributed by atoms with Crippen LogP contribution in [0.2, 0.25) is 0 Å². The van der Waals surface area contributed by atoms with E-state index in [0.717, 1.165) is 13.1 Å². The molecule has 1 unspecified atom stereocenters. The zero-order valence-electron chi connectivity index (χ0n) is 9.41. The van der Waals surface area contributed by atoms with Crippen molar-refractivity contribution >= 4 is 11.3 Å². The summed E-state index contributed by atoms with van der Waals surface area (Å²) in [5.41, 5.74) is 0. The van der Waals surface area contributed by atoms with Crippen LogP contribution in [0.25, 0.3) is 0 Å². The Labute approximate surface area is 96.3 Å². The molecule has 1 atom stereocenters. The van der Waals surface area contributed by atoms with Crippen LogP contribution in [0.1, 0.15) is 30.7 Å². The van der Waals surface area contributed by atoms with Gasteiger partial charge < -0.3 is 5.32 Å². The van der Waals surface area contributed by atoms with Gasteiger partial charge in [0.2, 0.25) is 0 Å². The summed E-state index contributed by atoms with van der Waals surface area (Å²) < 4.78 is 0. The van der Waals surface area contributed by atoms with E-state index >= 15 is 0 Å². The van der Waals surface area contributed by atoms with Crippen molar-refractivity contribution in [2.24, 2.45) is 0 Å². The van der Waals surface area contributed by atoms with Crippen LogP contribution in [0.4, 0.5) is 0 Å². The number of hydrogen-bond donors (Lipinski definition) is 1. The SMILES string of the molecule is CCNCC(c1cccs1)N1CCCC1. The molecular weight excluding hydrogens is 204 g/mol. The molecule has 1 fully saturated rings. The summed E-state index contributed by atoms with van der Waals surface area (Å²) in [5, 5.41) is 5.66. The van der Waals surface area contributed by atoms with Crippen molar-refractivity contribution in [1.82, 2.24) is 10.2 Å². The maximum absolute atomic E-state index is 3.48. The van der Waals surface area contributed by atoms with Gasteiger partial charge in [-0.25, -0.2) is 0 Å². The molecule has 84 valence electrons. The molecule has 1 aromatic rings. The van der Waals surface area contributed by atoms with Gasteiger partial charge in [-0.05, 0) is 43.9 Å². The first-order valence-corrected chi connectivity index (χ1v) is 6.78. The molecule has 0 bridgehead atoms. The fraction of sp³-hybridized carbons (Fsp3) is 0.667. The lowest BCUT2D eigenvalue weighted by atomic mass is 10.2. The van der Waals surface area contributed by atoms with E-state index in [1.165, 1.54) is 30.8 Å². The predicted octanol–water partition coefficient (Wildman–Crippen LogP) is 2.49. The van der Waals surface area contributed by atoms with E-state index in [1.807, 2.05) is 11.3 Å². The Bertz CT molecular complexity index is 265. The Hall–Kier alpha value is -0.380. The molecule has 0 amide bonds. The topological polar surface area (TPSA) is 15.3 Å². The van der Waals surface area contributed by atoms with Gasteiger partial charge in [-0.15, -0.1) is 11.3 Å². The molecule has 2 nitrogen and oxygen atoms in total. The van der Waals surface area contributed by atoms with Crippen LogP contribution in [-0.4, -0.2) is 31.1 Å². The summed E-state index contributed by atoms with van der Waals surface area (Å²) in [4.78, 5) is 4.13. The quantitative estimate of drug-likeness (QED) is 0.826. The summed E-state index contributed by atoms with van der Waals surface area (Å²) in [7, 11) is 0. The van der Waals surface area contributed by atoms with Gasteiger partial charge in [-0.1, -0.05) is 13.0 Å². The lowest BCUT2D eigenvalue weighted by molar-refractivity contribution is 0.243.